The monoisotopic (exact) mass is 340 g/mol. The van der Waals surface area contributed by atoms with Gasteiger partial charge in [0.25, 0.3) is 0 Å². The van der Waals surface area contributed by atoms with Crippen LogP contribution in [0.15, 0.2) is 30.8 Å². The van der Waals surface area contributed by atoms with Gasteiger partial charge in [-0.3, -0.25) is 4.79 Å². The van der Waals surface area contributed by atoms with E-state index in [1.165, 1.54) is 6.08 Å². The molecule has 0 unspecified atom stereocenters. The van der Waals surface area contributed by atoms with Crippen LogP contribution in [-0.4, -0.2) is 11.4 Å². The Hall–Kier alpha value is -2.47. The van der Waals surface area contributed by atoms with Crippen molar-refractivity contribution in [2.75, 3.05) is 0 Å². The van der Waals surface area contributed by atoms with Crippen molar-refractivity contribution in [2.45, 2.75) is 20.0 Å². The minimum Gasteiger partial charge on any atom is -0.392 e. The number of aldehydes is 1. The minimum absolute atomic E-state index is 0.0255. The van der Waals surface area contributed by atoms with Gasteiger partial charge < -0.3 is 5.11 Å². The third kappa shape index (κ3) is 4.76. The standard InChI is InChI=1S/C9H10F2O.C9H6F2O/c2*1-2-8-6(5-12)3-7(10)4-9(8)11/h3-4,12H,2,5H2,1H3;2-5H,1H2. The fraction of sp³-hybridized carbons (Fsp3) is 0.167. The van der Waals surface area contributed by atoms with Gasteiger partial charge in [-0.05, 0) is 29.7 Å². The molecule has 0 fully saturated rings. The Bertz CT molecular complexity index is 742. The van der Waals surface area contributed by atoms with Crippen molar-refractivity contribution in [1.82, 2.24) is 0 Å². The summed E-state index contributed by atoms with van der Waals surface area (Å²) in [5, 5.41) is 8.77. The minimum atomic E-state index is -0.771. The Balaban J connectivity index is 0.000000240. The number of benzene rings is 2. The molecular formula is C18H16F4O2. The van der Waals surface area contributed by atoms with Gasteiger partial charge in [-0.2, -0.15) is 0 Å². The fourth-order valence-corrected chi connectivity index (χ4v) is 2.11. The van der Waals surface area contributed by atoms with E-state index in [1.54, 1.807) is 6.92 Å². The van der Waals surface area contributed by atoms with E-state index in [9.17, 15) is 22.4 Å². The molecule has 0 aliphatic rings. The number of carbonyl (C=O) groups is 1. The molecule has 2 rings (SSSR count). The first-order valence-electron chi connectivity index (χ1n) is 7.02. The first kappa shape index (κ1) is 19.6. The Morgan fingerprint density at radius 3 is 2.12 bits per heavy atom. The number of aliphatic hydroxyl groups is 1. The molecule has 0 bridgehead atoms. The lowest BCUT2D eigenvalue weighted by Crippen LogP contribution is -1.98. The van der Waals surface area contributed by atoms with Gasteiger partial charge in [0.2, 0.25) is 0 Å². The molecule has 0 atom stereocenters. The molecule has 2 aromatic rings. The van der Waals surface area contributed by atoms with Gasteiger partial charge in [-0.1, -0.05) is 19.6 Å². The SMILES string of the molecule is C=Cc1c(F)cc(F)cc1C=O.CCc1c(F)cc(F)cc1CO. The second-order valence-corrected chi connectivity index (χ2v) is 4.75. The quantitative estimate of drug-likeness (QED) is 0.660. The summed E-state index contributed by atoms with van der Waals surface area (Å²) in [5.74, 6) is -2.76. The number of aliphatic hydroxyl groups excluding tert-OH is 1. The summed E-state index contributed by atoms with van der Waals surface area (Å²) < 4.78 is 50.9. The van der Waals surface area contributed by atoms with Gasteiger partial charge in [0.15, 0.2) is 6.29 Å². The molecular weight excluding hydrogens is 324 g/mol. The summed E-state index contributed by atoms with van der Waals surface area (Å²) in [5.41, 5.74) is 0.725. The van der Waals surface area contributed by atoms with Crippen LogP contribution in [0, 0.1) is 23.3 Å². The first-order chi connectivity index (χ1) is 11.4. The lowest BCUT2D eigenvalue weighted by Gasteiger charge is -2.05. The maximum Gasteiger partial charge on any atom is 0.150 e. The largest absolute Gasteiger partial charge is 0.392 e. The maximum atomic E-state index is 12.9. The number of hydrogen-bond acceptors (Lipinski definition) is 2. The lowest BCUT2D eigenvalue weighted by molar-refractivity contribution is 0.112. The van der Waals surface area contributed by atoms with Crippen LogP contribution in [0.2, 0.25) is 0 Å². The van der Waals surface area contributed by atoms with Crippen molar-refractivity contribution in [3.8, 4) is 0 Å². The predicted octanol–water partition coefficient (Wildman–Crippen LogP) is 4.44. The van der Waals surface area contributed by atoms with Crippen molar-refractivity contribution in [3.63, 3.8) is 0 Å². The molecule has 0 aliphatic carbocycles. The molecule has 128 valence electrons. The third-order valence-electron chi connectivity index (χ3n) is 3.23. The van der Waals surface area contributed by atoms with E-state index in [1.807, 2.05) is 0 Å². The van der Waals surface area contributed by atoms with Crippen LogP contribution < -0.4 is 0 Å². The normalized spacial score (nSPS) is 9.92. The van der Waals surface area contributed by atoms with Gasteiger partial charge in [-0.25, -0.2) is 17.6 Å². The molecule has 6 heteroatoms. The number of carbonyl (C=O) groups excluding carboxylic acids is 1. The highest BCUT2D eigenvalue weighted by Crippen LogP contribution is 2.17. The summed E-state index contributed by atoms with van der Waals surface area (Å²) in [6, 6.07) is 3.66. The van der Waals surface area contributed by atoms with Gasteiger partial charge in [0, 0.05) is 23.3 Å². The van der Waals surface area contributed by atoms with Crippen LogP contribution in [0.5, 0.6) is 0 Å². The molecule has 1 N–H and O–H groups in total. The van der Waals surface area contributed by atoms with E-state index >= 15 is 0 Å². The van der Waals surface area contributed by atoms with Crippen molar-refractivity contribution in [2.24, 2.45) is 0 Å². The van der Waals surface area contributed by atoms with E-state index in [-0.39, 0.29) is 17.7 Å². The van der Waals surface area contributed by atoms with Gasteiger partial charge in [0.1, 0.15) is 23.3 Å². The van der Waals surface area contributed by atoms with Crippen LogP contribution in [0.4, 0.5) is 17.6 Å². The predicted molar refractivity (Wildman–Crippen MR) is 83.5 cm³/mol. The molecule has 2 nitrogen and oxygen atoms in total. The molecule has 0 spiro atoms. The van der Waals surface area contributed by atoms with Gasteiger partial charge >= 0.3 is 0 Å². The van der Waals surface area contributed by atoms with Crippen molar-refractivity contribution in [3.05, 3.63) is 76.4 Å². The molecule has 0 amide bonds. The van der Waals surface area contributed by atoms with Crippen LogP contribution in [0.1, 0.15) is 34.0 Å². The second-order valence-electron chi connectivity index (χ2n) is 4.75. The van der Waals surface area contributed by atoms with Crippen molar-refractivity contribution < 1.29 is 27.5 Å². The zero-order valence-corrected chi connectivity index (χ0v) is 13.0. The van der Waals surface area contributed by atoms with E-state index in [4.69, 9.17) is 5.11 Å². The smallest absolute Gasteiger partial charge is 0.150 e. The van der Waals surface area contributed by atoms with E-state index < -0.39 is 23.3 Å². The fourth-order valence-electron chi connectivity index (χ4n) is 2.11. The topological polar surface area (TPSA) is 37.3 Å². The van der Waals surface area contributed by atoms with Crippen LogP contribution >= 0.6 is 0 Å². The Kier molecular flexibility index (Phi) is 7.32. The van der Waals surface area contributed by atoms with Crippen LogP contribution in [-0.2, 0) is 13.0 Å². The van der Waals surface area contributed by atoms with Crippen LogP contribution in [0.25, 0.3) is 6.08 Å². The first-order valence-corrected chi connectivity index (χ1v) is 7.02. The highest BCUT2D eigenvalue weighted by molar-refractivity contribution is 5.81. The Morgan fingerprint density at radius 2 is 1.62 bits per heavy atom. The molecule has 0 radical (unpaired) electrons. The lowest BCUT2D eigenvalue weighted by atomic mass is 10.1. The molecule has 0 aromatic heterocycles. The zero-order chi connectivity index (χ0) is 18.3. The average Bonchev–Trinajstić information content (AvgIpc) is 2.54. The Labute approximate surface area is 137 Å². The average molecular weight is 340 g/mol. The number of hydrogen-bond donors (Lipinski definition) is 1. The summed E-state index contributed by atoms with van der Waals surface area (Å²) in [7, 11) is 0. The molecule has 0 saturated heterocycles. The van der Waals surface area contributed by atoms with Crippen molar-refractivity contribution >= 4 is 12.4 Å². The summed E-state index contributed by atoms with van der Waals surface area (Å²) >= 11 is 0. The molecule has 2 aromatic carbocycles. The highest BCUT2D eigenvalue weighted by atomic mass is 19.1. The summed E-state index contributed by atoms with van der Waals surface area (Å²) in [6.45, 7) is 4.75. The number of halogens is 4. The van der Waals surface area contributed by atoms with Crippen LogP contribution in [0.3, 0.4) is 0 Å². The van der Waals surface area contributed by atoms with E-state index in [0.29, 0.717) is 29.9 Å². The molecule has 0 heterocycles. The third-order valence-corrected chi connectivity index (χ3v) is 3.23. The zero-order valence-electron chi connectivity index (χ0n) is 13.0. The van der Waals surface area contributed by atoms with Crippen molar-refractivity contribution in [1.29, 1.82) is 0 Å². The molecule has 24 heavy (non-hydrogen) atoms. The van der Waals surface area contributed by atoms with Gasteiger partial charge in [-0.15, -0.1) is 0 Å². The summed E-state index contributed by atoms with van der Waals surface area (Å²) in [4.78, 5) is 10.3. The van der Waals surface area contributed by atoms with E-state index in [2.05, 4.69) is 6.58 Å². The summed E-state index contributed by atoms with van der Waals surface area (Å²) in [6.07, 6.45) is 2.03. The Morgan fingerprint density at radius 1 is 1.04 bits per heavy atom. The molecule has 0 aliphatic heterocycles. The van der Waals surface area contributed by atoms with Gasteiger partial charge in [0.05, 0.1) is 6.61 Å². The maximum absolute atomic E-state index is 12.9. The number of rotatable bonds is 4. The van der Waals surface area contributed by atoms with E-state index in [0.717, 1.165) is 18.2 Å². The molecule has 0 saturated carbocycles. The second kappa shape index (κ2) is 8.98. The highest BCUT2D eigenvalue weighted by Gasteiger charge is 2.08.